The summed E-state index contributed by atoms with van der Waals surface area (Å²) in [6, 6.07) is 11.2. The number of aromatic amines is 1. The molecule has 1 aromatic carbocycles. The van der Waals surface area contributed by atoms with E-state index < -0.39 is 0 Å². The van der Waals surface area contributed by atoms with Crippen LogP contribution in [0.3, 0.4) is 0 Å². The average Bonchev–Trinajstić information content (AvgIpc) is 3.31. The first-order chi connectivity index (χ1) is 13.2. The summed E-state index contributed by atoms with van der Waals surface area (Å²) < 4.78 is 1.98. The molecule has 0 spiro atoms. The third kappa shape index (κ3) is 2.82. The van der Waals surface area contributed by atoms with E-state index in [2.05, 4.69) is 64.8 Å². The molecule has 0 atom stereocenters. The molecule has 0 radical (unpaired) electrons. The first kappa shape index (κ1) is 16.5. The SMILES string of the molecule is CC(C)c1c(-c2ccc3nncn3c2)[nH]c2ccc(C3CCNCC3)cc12. The fourth-order valence-electron chi connectivity index (χ4n) is 4.44. The maximum atomic E-state index is 4.11. The van der Waals surface area contributed by atoms with Crippen molar-refractivity contribution in [2.45, 2.75) is 38.5 Å². The fraction of sp³-hybridized carbons (Fsp3) is 0.364. The van der Waals surface area contributed by atoms with Crippen LogP contribution in [0.5, 0.6) is 0 Å². The highest BCUT2D eigenvalue weighted by Gasteiger charge is 2.20. The maximum absolute atomic E-state index is 4.11. The number of aromatic nitrogens is 4. The number of pyridine rings is 1. The number of H-pyrrole nitrogens is 1. The molecule has 4 heterocycles. The van der Waals surface area contributed by atoms with Crippen LogP contribution in [0.15, 0.2) is 42.9 Å². The first-order valence-corrected chi connectivity index (χ1v) is 9.86. The Morgan fingerprint density at radius 3 is 2.78 bits per heavy atom. The van der Waals surface area contributed by atoms with Crippen LogP contribution in [0, 0.1) is 0 Å². The Morgan fingerprint density at radius 1 is 1.11 bits per heavy atom. The van der Waals surface area contributed by atoms with Gasteiger partial charge in [-0.3, -0.25) is 4.40 Å². The van der Waals surface area contributed by atoms with Gasteiger partial charge in [-0.1, -0.05) is 19.9 Å². The van der Waals surface area contributed by atoms with Crippen LogP contribution in [0.25, 0.3) is 27.8 Å². The molecule has 5 nitrogen and oxygen atoms in total. The van der Waals surface area contributed by atoms with Crippen molar-refractivity contribution >= 4 is 16.6 Å². The van der Waals surface area contributed by atoms with Crippen molar-refractivity contribution in [2.24, 2.45) is 0 Å². The Hall–Kier alpha value is -2.66. The lowest BCUT2D eigenvalue weighted by molar-refractivity contribution is 0.460. The van der Waals surface area contributed by atoms with Crippen molar-refractivity contribution in [1.29, 1.82) is 0 Å². The molecule has 0 unspecified atom stereocenters. The van der Waals surface area contributed by atoms with Crippen molar-refractivity contribution in [3.8, 4) is 11.3 Å². The summed E-state index contributed by atoms with van der Waals surface area (Å²) in [6.07, 6.45) is 6.32. The summed E-state index contributed by atoms with van der Waals surface area (Å²) in [4.78, 5) is 3.68. The number of benzene rings is 1. The van der Waals surface area contributed by atoms with Gasteiger partial charge in [-0.25, -0.2) is 0 Å². The van der Waals surface area contributed by atoms with Gasteiger partial charge in [-0.2, -0.15) is 0 Å². The highest BCUT2D eigenvalue weighted by molar-refractivity contribution is 5.92. The Kier molecular flexibility index (Phi) is 3.97. The summed E-state index contributed by atoms with van der Waals surface area (Å²) >= 11 is 0. The molecule has 5 heteroatoms. The summed E-state index contributed by atoms with van der Waals surface area (Å²) in [5.41, 5.74) is 7.34. The van der Waals surface area contributed by atoms with Gasteiger partial charge in [0.25, 0.3) is 0 Å². The second-order valence-electron chi connectivity index (χ2n) is 7.91. The number of piperidine rings is 1. The maximum Gasteiger partial charge on any atom is 0.160 e. The largest absolute Gasteiger partial charge is 0.354 e. The van der Waals surface area contributed by atoms with E-state index in [1.807, 2.05) is 10.5 Å². The summed E-state index contributed by atoms with van der Waals surface area (Å²) in [7, 11) is 0. The smallest absolute Gasteiger partial charge is 0.160 e. The highest BCUT2D eigenvalue weighted by atomic mass is 15.2. The lowest BCUT2D eigenvalue weighted by Gasteiger charge is -2.23. The highest BCUT2D eigenvalue weighted by Crippen LogP contribution is 2.37. The zero-order chi connectivity index (χ0) is 18.4. The van der Waals surface area contributed by atoms with Crippen molar-refractivity contribution in [2.75, 3.05) is 13.1 Å². The molecule has 1 fully saturated rings. The van der Waals surface area contributed by atoms with Crippen LogP contribution in [-0.4, -0.2) is 32.7 Å². The Bertz CT molecular complexity index is 1100. The number of hydrogen-bond acceptors (Lipinski definition) is 3. The number of nitrogens with one attached hydrogen (secondary N) is 2. The third-order valence-electron chi connectivity index (χ3n) is 5.83. The summed E-state index contributed by atoms with van der Waals surface area (Å²) in [6.45, 7) is 6.80. The van der Waals surface area contributed by atoms with E-state index in [1.165, 1.54) is 46.1 Å². The molecule has 3 aromatic heterocycles. The van der Waals surface area contributed by atoms with Crippen molar-refractivity contribution in [3.63, 3.8) is 0 Å². The van der Waals surface area contributed by atoms with Crippen LogP contribution >= 0.6 is 0 Å². The van der Waals surface area contributed by atoms with E-state index in [0.29, 0.717) is 11.8 Å². The lowest BCUT2D eigenvalue weighted by atomic mass is 9.88. The van der Waals surface area contributed by atoms with Gasteiger partial charge in [0, 0.05) is 22.7 Å². The minimum atomic E-state index is 0.439. The minimum absolute atomic E-state index is 0.439. The molecule has 0 bridgehead atoms. The van der Waals surface area contributed by atoms with E-state index in [-0.39, 0.29) is 0 Å². The Morgan fingerprint density at radius 2 is 1.96 bits per heavy atom. The predicted octanol–water partition coefficient (Wildman–Crippen LogP) is 4.47. The van der Waals surface area contributed by atoms with E-state index >= 15 is 0 Å². The van der Waals surface area contributed by atoms with Crippen molar-refractivity contribution < 1.29 is 0 Å². The van der Waals surface area contributed by atoms with Crippen LogP contribution in [0.4, 0.5) is 0 Å². The zero-order valence-electron chi connectivity index (χ0n) is 15.9. The Labute approximate surface area is 158 Å². The fourth-order valence-corrected chi connectivity index (χ4v) is 4.44. The molecular weight excluding hydrogens is 334 g/mol. The molecule has 1 saturated heterocycles. The van der Waals surface area contributed by atoms with Gasteiger partial charge < -0.3 is 10.3 Å². The minimum Gasteiger partial charge on any atom is -0.354 e. The number of hydrogen-bond donors (Lipinski definition) is 2. The van der Waals surface area contributed by atoms with E-state index in [9.17, 15) is 0 Å². The molecule has 0 saturated carbocycles. The predicted molar refractivity (Wildman–Crippen MR) is 109 cm³/mol. The van der Waals surface area contributed by atoms with Crippen LogP contribution in [0.2, 0.25) is 0 Å². The molecule has 0 amide bonds. The number of nitrogens with zero attached hydrogens (tertiary/aromatic N) is 3. The monoisotopic (exact) mass is 359 g/mol. The molecule has 27 heavy (non-hydrogen) atoms. The normalized spacial score (nSPS) is 16.0. The molecule has 1 aliphatic rings. The third-order valence-corrected chi connectivity index (χ3v) is 5.83. The standard InChI is InChI=1S/C22H25N5/c1-14(2)21-18-11-16(15-7-9-23-10-8-15)3-5-19(18)25-22(21)17-4-6-20-26-24-13-27(20)12-17/h3-6,11-15,23,25H,7-10H2,1-2H3. The van der Waals surface area contributed by atoms with Gasteiger partial charge in [0.1, 0.15) is 6.33 Å². The van der Waals surface area contributed by atoms with E-state index in [0.717, 1.165) is 18.7 Å². The van der Waals surface area contributed by atoms with Gasteiger partial charge >= 0.3 is 0 Å². The molecule has 5 rings (SSSR count). The van der Waals surface area contributed by atoms with Gasteiger partial charge in [-0.15, -0.1) is 10.2 Å². The second kappa shape index (κ2) is 6.50. The number of fused-ring (bicyclic) bond motifs is 2. The van der Waals surface area contributed by atoms with Crippen LogP contribution in [0.1, 0.15) is 49.7 Å². The van der Waals surface area contributed by atoms with Crippen molar-refractivity contribution in [1.82, 2.24) is 24.9 Å². The average molecular weight is 359 g/mol. The van der Waals surface area contributed by atoms with Gasteiger partial charge in [0.2, 0.25) is 0 Å². The van der Waals surface area contributed by atoms with Gasteiger partial charge in [0.05, 0.1) is 5.69 Å². The molecular formula is C22H25N5. The van der Waals surface area contributed by atoms with Gasteiger partial charge in [0.15, 0.2) is 5.65 Å². The van der Waals surface area contributed by atoms with Crippen LogP contribution in [-0.2, 0) is 0 Å². The van der Waals surface area contributed by atoms with E-state index in [1.54, 1.807) is 6.33 Å². The quantitative estimate of drug-likeness (QED) is 0.567. The van der Waals surface area contributed by atoms with Gasteiger partial charge in [-0.05, 0) is 73.2 Å². The van der Waals surface area contributed by atoms with Crippen molar-refractivity contribution in [3.05, 3.63) is 54.0 Å². The molecule has 4 aromatic rings. The second-order valence-corrected chi connectivity index (χ2v) is 7.91. The topological polar surface area (TPSA) is 58.0 Å². The summed E-state index contributed by atoms with van der Waals surface area (Å²) in [5, 5.41) is 12.9. The van der Waals surface area contributed by atoms with Crippen LogP contribution < -0.4 is 5.32 Å². The van der Waals surface area contributed by atoms with E-state index in [4.69, 9.17) is 0 Å². The molecule has 1 aliphatic heterocycles. The Balaban J connectivity index is 1.66. The number of rotatable bonds is 3. The summed E-state index contributed by atoms with van der Waals surface area (Å²) in [5.74, 6) is 1.11. The molecule has 0 aliphatic carbocycles. The first-order valence-electron chi connectivity index (χ1n) is 9.86. The molecule has 2 N–H and O–H groups in total. The molecule has 138 valence electrons. The lowest BCUT2D eigenvalue weighted by Crippen LogP contribution is -2.26. The zero-order valence-corrected chi connectivity index (χ0v) is 15.9.